The number of rotatable bonds is 4. The Morgan fingerprint density at radius 3 is 2.35 bits per heavy atom. The largest absolute Gasteiger partial charge is 0.448 e. The molecule has 20 heavy (non-hydrogen) atoms. The van der Waals surface area contributed by atoms with Gasteiger partial charge >= 0.3 is 12.0 Å². The summed E-state index contributed by atoms with van der Waals surface area (Å²) in [4.78, 5) is 34.5. The highest BCUT2D eigenvalue weighted by atomic mass is 127. The van der Waals surface area contributed by atoms with E-state index in [1.807, 2.05) is 27.9 Å². The Morgan fingerprint density at radius 2 is 1.85 bits per heavy atom. The minimum absolute atomic E-state index is 0.292. The number of carbonyl (C=O) groups is 3. The molecule has 1 aromatic rings. The molecule has 0 unspecified atom stereocenters. The third kappa shape index (κ3) is 4.48. The lowest BCUT2D eigenvalue weighted by molar-refractivity contribution is -0.130. The highest BCUT2D eigenvalue weighted by Gasteiger charge is 2.28. The van der Waals surface area contributed by atoms with Gasteiger partial charge in [0.1, 0.15) is 0 Å². The third-order valence-electron chi connectivity index (χ3n) is 2.44. The van der Waals surface area contributed by atoms with E-state index in [2.05, 4.69) is 0 Å². The van der Waals surface area contributed by atoms with Crippen LogP contribution in [0.5, 0.6) is 0 Å². The molecule has 0 aliphatic rings. The van der Waals surface area contributed by atoms with Crippen molar-refractivity contribution >= 4 is 40.5 Å². The number of ether oxygens (including phenoxy) is 1. The van der Waals surface area contributed by atoms with Gasteiger partial charge < -0.3 is 10.5 Å². The number of nitrogens with one attached hydrogen (secondary N) is 1. The van der Waals surface area contributed by atoms with E-state index < -0.39 is 24.0 Å². The highest BCUT2D eigenvalue weighted by molar-refractivity contribution is 14.1. The van der Waals surface area contributed by atoms with Crippen LogP contribution in [0.1, 0.15) is 24.2 Å². The van der Waals surface area contributed by atoms with E-state index in [1.165, 1.54) is 0 Å². The average molecular weight is 390 g/mol. The molecule has 0 spiro atoms. The van der Waals surface area contributed by atoms with E-state index in [-0.39, 0.29) is 5.92 Å². The van der Waals surface area contributed by atoms with Gasteiger partial charge in [-0.25, -0.2) is 9.59 Å². The van der Waals surface area contributed by atoms with E-state index in [1.54, 1.807) is 38.1 Å². The molecule has 3 N–H and O–H groups in total. The van der Waals surface area contributed by atoms with Crippen molar-refractivity contribution in [1.29, 1.82) is 0 Å². The van der Waals surface area contributed by atoms with Crippen molar-refractivity contribution in [3.63, 3.8) is 0 Å². The van der Waals surface area contributed by atoms with Crippen LogP contribution >= 0.6 is 22.6 Å². The Bertz CT molecular complexity index is 531. The molecule has 7 heteroatoms. The Balaban J connectivity index is 2.86. The third-order valence-corrected chi connectivity index (χ3v) is 3.38. The molecule has 0 fully saturated rings. The minimum atomic E-state index is -1.08. The SMILES string of the molecule is CC(C)[C@@H](OC(=O)c1ccccc1I)C(=O)NC(N)=O. The first-order chi connectivity index (χ1) is 9.32. The molecule has 0 aromatic heterocycles. The monoisotopic (exact) mass is 390 g/mol. The number of imide groups is 1. The molecule has 1 aromatic carbocycles. The Morgan fingerprint density at radius 1 is 1.25 bits per heavy atom. The molecule has 1 atom stereocenters. The Labute approximate surface area is 130 Å². The first kappa shape index (κ1) is 16.4. The highest BCUT2D eigenvalue weighted by Crippen LogP contribution is 2.16. The fourth-order valence-corrected chi connectivity index (χ4v) is 2.10. The van der Waals surface area contributed by atoms with E-state index in [4.69, 9.17) is 10.5 Å². The van der Waals surface area contributed by atoms with Crippen LogP contribution < -0.4 is 11.1 Å². The summed E-state index contributed by atoms with van der Waals surface area (Å²) in [6.07, 6.45) is -1.08. The smallest absolute Gasteiger partial charge is 0.340 e. The zero-order valence-electron chi connectivity index (χ0n) is 11.1. The number of urea groups is 1. The molecule has 108 valence electrons. The van der Waals surface area contributed by atoms with Crippen molar-refractivity contribution in [1.82, 2.24) is 5.32 Å². The quantitative estimate of drug-likeness (QED) is 0.604. The van der Waals surface area contributed by atoms with Gasteiger partial charge in [0.25, 0.3) is 5.91 Å². The molecule has 6 nitrogen and oxygen atoms in total. The maximum atomic E-state index is 12.0. The van der Waals surface area contributed by atoms with E-state index >= 15 is 0 Å². The van der Waals surface area contributed by atoms with Crippen LogP contribution in [-0.2, 0) is 9.53 Å². The summed E-state index contributed by atoms with van der Waals surface area (Å²) in [5.41, 5.74) is 5.25. The predicted octanol–water partition coefficient (Wildman–Crippen LogP) is 1.67. The molecule has 0 saturated heterocycles. The van der Waals surface area contributed by atoms with Crippen molar-refractivity contribution in [3.05, 3.63) is 33.4 Å². The minimum Gasteiger partial charge on any atom is -0.448 e. The average Bonchev–Trinajstić information content (AvgIpc) is 2.34. The van der Waals surface area contributed by atoms with Gasteiger partial charge in [-0.1, -0.05) is 26.0 Å². The van der Waals surface area contributed by atoms with Gasteiger partial charge in [-0.3, -0.25) is 10.1 Å². The summed E-state index contributed by atoms with van der Waals surface area (Å²) in [5, 5.41) is 1.92. The summed E-state index contributed by atoms with van der Waals surface area (Å²) < 4.78 is 5.89. The summed E-state index contributed by atoms with van der Waals surface area (Å²) in [6, 6.07) is 5.87. The van der Waals surface area contributed by atoms with Crippen molar-refractivity contribution in [2.45, 2.75) is 20.0 Å². The number of benzene rings is 1. The topological polar surface area (TPSA) is 98.5 Å². The van der Waals surface area contributed by atoms with Gasteiger partial charge in [-0.2, -0.15) is 0 Å². The van der Waals surface area contributed by atoms with Crippen molar-refractivity contribution in [3.8, 4) is 0 Å². The number of amides is 3. The molecular weight excluding hydrogens is 375 g/mol. The molecule has 3 amide bonds. The van der Waals surface area contributed by atoms with E-state index in [9.17, 15) is 14.4 Å². The van der Waals surface area contributed by atoms with Crippen LogP contribution in [0.25, 0.3) is 0 Å². The Hall–Kier alpha value is -1.64. The maximum absolute atomic E-state index is 12.0. The summed E-state index contributed by atoms with van der Waals surface area (Å²) in [6.45, 7) is 3.41. The van der Waals surface area contributed by atoms with E-state index in [0.29, 0.717) is 9.13 Å². The number of nitrogens with two attached hydrogens (primary N) is 1. The van der Waals surface area contributed by atoms with Gasteiger partial charge in [0.15, 0.2) is 6.10 Å². The van der Waals surface area contributed by atoms with Crippen LogP contribution in [0.4, 0.5) is 4.79 Å². The lowest BCUT2D eigenvalue weighted by atomic mass is 10.1. The van der Waals surface area contributed by atoms with E-state index in [0.717, 1.165) is 0 Å². The fourth-order valence-electron chi connectivity index (χ4n) is 1.49. The van der Waals surface area contributed by atoms with Crippen molar-refractivity contribution < 1.29 is 19.1 Å². The van der Waals surface area contributed by atoms with Gasteiger partial charge in [0, 0.05) is 3.57 Å². The standard InChI is InChI=1S/C13H15IN2O4/c1-7(2)10(11(17)16-13(15)19)20-12(18)8-5-3-4-6-9(8)14/h3-7,10H,1-2H3,(H3,15,16,17,19)/t10-/m1/s1. The molecule has 0 saturated carbocycles. The summed E-state index contributed by atoms with van der Waals surface area (Å²) in [5.74, 6) is -1.64. The number of halogens is 1. The second kappa shape index (κ2) is 7.22. The lowest BCUT2D eigenvalue weighted by Crippen LogP contribution is -2.45. The molecule has 0 bridgehead atoms. The molecule has 0 radical (unpaired) electrons. The van der Waals surface area contributed by atoms with Crippen molar-refractivity contribution in [2.24, 2.45) is 11.7 Å². The zero-order chi connectivity index (χ0) is 15.3. The Kier molecular flexibility index (Phi) is 5.93. The molecule has 0 aliphatic heterocycles. The lowest BCUT2D eigenvalue weighted by Gasteiger charge is -2.20. The number of hydrogen-bond acceptors (Lipinski definition) is 4. The van der Waals surface area contributed by atoms with Crippen LogP contribution in [0, 0.1) is 9.49 Å². The van der Waals surface area contributed by atoms with Crippen LogP contribution in [0.2, 0.25) is 0 Å². The second-order valence-electron chi connectivity index (χ2n) is 4.40. The van der Waals surface area contributed by atoms with Crippen molar-refractivity contribution in [2.75, 3.05) is 0 Å². The number of primary amides is 1. The summed E-state index contributed by atoms with van der Waals surface area (Å²) >= 11 is 2.00. The maximum Gasteiger partial charge on any atom is 0.340 e. The number of esters is 1. The molecular formula is C13H15IN2O4. The van der Waals surface area contributed by atoms with Crippen LogP contribution in [0.3, 0.4) is 0 Å². The van der Waals surface area contributed by atoms with Gasteiger partial charge in [0.2, 0.25) is 0 Å². The molecule has 0 aliphatic carbocycles. The normalized spacial score (nSPS) is 11.8. The number of carbonyl (C=O) groups excluding carboxylic acids is 3. The first-order valence-electron chi connectivity index (χ1n) is 5.88. The van der Waals surface area contributed by atoms with Gasteiger partial charge in [0.05, 0.1) is 5.56 Å². The molecule has 1 rings (SSSR count). The summed E-state index contributed by atoms with van der Waals surface area (Å²) in [7, 11) is 0. The first-order valence-corrected chi connectivity index (χ1v) is 6.96. The second-order valence-corrected chi connectivity index (χ2v) is 5.57. The zero-order valence-corrected chi connectivity index (χ0v) is 13.2. The van der Waals surface area contributed by atoms with Crippen LogP contribution in [0.15, 0.2) is 24.3 Å². The van der Waals surface area contributed by atoms with Gasteiger partial charge in [-0.15, -0.1) is 0 Å². The molecule has 0 heterocycles. The fraction of sp³-hybridized carbons (Fsp3) is 0.308. The van der Waals surface area contributed by atoms with Crippen LogP contribution in [-0.4, -0.2) is 24.0 Å². The number of hydrogen-bond donors (Lipinski definition) is 2. The predicted molar refractivity (Wildman–Crippen MR) is 80.9 cm³/mol. The van der Waals surface area contributed by atoms with Gasteiger partial charge in [-0.05, 0) is 40.6 Å².